The van der Waals surface area contributed by atoms with Crippen LogP contribution in [-0.4, -0.2) is 59.5 Å². The van der Waals surface area contributed by atoms with Crippen molar-refractivity contribution in [2.45, 2.75) is 51.5 Å². The van der Waals surface area contributed by atoms with Gasteiger partial charge in [-0.25, -0.2) is 4.98 Å². The molecule has 2 aliphatic rings. The number of para-hydroxylation sites is 1. The maximum absolute atomic E-state index is 12.3. The van der Waals surface area contributed by atoms with Crippen LogP contribution >= 0.6 is 11.3 Å². The van der Waals surface area contributed by atoms with E-state index in [2.05, 4.69) is 39.2 Å². The van der Waals surface area contributed by atoms with Crippen molar-refractivity contribution >= 4 is 32.6 Å². The fourth-order valence-corrected chi connectivity index (χ4v) is 5.34. The number of rotatable bonds is 5. The zero-order valence-electron chi connectivity index (χ0n) is 16.2. The highest BCUT2D eigenvalue weighted by atomic mass is 32.1. The third kappa shape index (κ3) is 4.68. The van der Waals surface area contributed by atoms with Crippen molar-refractivity contribution in [2.24, 2.45) is 0 Å². The number of piperazine rings is 1. The van der Waals surface area contributed by atoms with Crippen molar-refractivity contribution < 1.29 is 4.79 Å². The van der Waals surface area contributed by atoms with Gasteiger partial charge in [0.25, 0.3) is 0 Å². The lowest BCUT2D eigenvalue weighted by Gasteiger charge is -2.40. The number of thiazole rings is 1. The average molecular weight is 387 g/mol. The molecule has 1 aliphatic heterocycles. The van der Waals surface area contributed by atoms with Crippen molar-refractivity contribution in [3.05, 3.63) is 23.8 Å². The Hall–Kier alpha value is -1.50. The topological polar surface area (TPSA) is 48.5 Å². The Morgan fingerprint density at radius 1 is 1.19 bits per heavy atom. The Morgan fingerprint density at radius 2 is 1.96 bits per heavy atom. The van der Waals surface area contributed by atoms with E-state index >= 15 is 0 Å². The second-order valence-corrected chi connectivity index (χ2v) is 8.94. The van der Waals surface area contributed by atoms with Crippen molar-refractivity contribution in [3.8, 4) is 0 Å². The van der Waals surface area contributed by atoms with Crippen LogP contribution in [-0.2, 0) is 4.79 Å². The molecule has 1 amide bonds. The molecule has 146 valence electrons. The second kappa shape index (κ2) is 8.67. The Balaban J connectivity index is 1.22. The predicted octanol–water partition coefficient (Wildman–Crippen LogP) is 3.88. The first-order valence-corrected chi connectivity index (χ1v) is 11.1. The predicted molar refractivity (Wildman–Crippen MR) is 112 cm³/mol. The van der Waals surface area contributed by atoms with E-state index in [0.29, 0.717) is 11.6 Å². The number of aromatic nitrogens is 1. The molecule has 0 bridgehead atoms. The number of nitrogens with one attached hydrogen (secondary N) is 1. The van der Waals surface area contributed by atoms with Gasteiger partial charge < -0.3 is 10.2 Å². The fraction of sp³-hybridized carbons (Fsp3) is 0.619. The van der Waals surface area contributed by atoms with Gasteiger partial charge in [0, 0.05) is 45.2 Å². The van der Waals surface area contributed by atoms with Crippen molar-refractivity contribution in [1.29, 1.82) is 0 Å². The summed E-state index contributed by atoms with van der Waals surface area (Å²) >= 11 is 1.55. The summed E-state index contributed by atoms with van der Waals surface area (Å²) in [6.45, 7) is 7.38. The monoisotopic (exact) mass is 386 g/mol. The molecule has 4 rings (SSSR count). The van der Waals surface area contributed by atoms with Crippen LogP contribution in [0.2, 0.25) is 0 Å². The molecule has 2 fully saturated rings. The number of nitrogens with zero attached hydrogens (tertiary/aromatic N) is 3. The minimum absolute atomic E-state index is 0.0708. The van der Waals surface area contributed by atoms with Gasteiger partial charge in [-0.05, 0) is 31.4 Å². The van der Waals surface area contributed by atoms with Gasteiger partial charge in [0.1, 0.15) is 0 Å². The van der Waals surface area contributed by atoms with E-state index in [1.165, 1.54) is 32.1 Å². The molecule has 27 heavy (non-hydrogen) atoms. The molecule has 0 radical (unpaired) electrons. The summed E-state index contributed by atoms with van der Waals surface area (Å²) in [5.74, 6) is 0.0708. The van der Waals surface area contributed by atoms with Gasteiger partial charge in [-0.2, -0.15) is 0 Å². The molecule has 2 heterocycles. The number of fused-ring (bicyclic) bond motifs is 1. The molecule has 6 heteroatoms. The summed E-state index contributed by atoms with van der Waals surface area (Å²) in [5.41, 5.74) is 2.15. The molecule has 1 saturated carbocycles. The second-order valence-electron chi connectivity index (χ2n) is 7.91. The van der Waals surface area contributed by atoms with E-state index in [1.807, 2.05) is 6.07 Å². The Morgan fingerprint density at radius 3 is 2.70 bits per heavy atom. The standard InChI is InChI=1S/C21H30N4OS/c1-16-6-5-9-18-20(16)23-21(27-18)22-19(26)10-11-24-12-14-25(15-13-24)17-7-3-2-4-8-17/h5-6,9,17H,2-4,7-8,10-15H2,1H3,(H,22,23,26). The summed E-state index contributed by atoms with van der Waals surface area (Å²) in [7, 11) is 0. The number of amides is 1. The van der Waals surface area contributed by atoms with Gasteiger partial charge in [0.15, 0.2) is 5.13 Å². The summed E-state index contributed by atoms with van der Waals surface area (Å²) < 4.78 is 1.13. The smallest absolute Gasteiger partial charge is 0.227 e. The Bertz CT molecular complexity index is 776. The largest absolute Gasteiger partial charge is 0.302 e. The van der Waals surface area contributed by atoms with Crippen LogP contribution < -0.4 is 5.32 Å². The minimum Gasteiger partial charge on any atom is -0.302 e. The molecule has 5 nitrogen and oxygen atoms in total. The minimum atomic E-state index is 0.0708. The van der Waals surface area contributed by atoms with Crippen LogP contribution in [0.5, 0.6) is 0 Å². The third-order valence-corrected chi connectivity index (χ3v) is 6.96. The molecule has 1 N–H and O–H groups in total. The SMILES string of the molecule is Cc1cccc2sc(NC(=O)CCN3CCN(C4CCCCC4)CC3)nc12. The van der Waals surface area contributed by atoms with Gasteiger partial charge >= 0.3 is 0 Å². The number of carbonyl (C=O) groups excluding carboxylic acids is 1. The van der Waals surface area contributed by atoms with Gasteiger partial charge in [0.2, 0.25) is 5.91 Å². The highest BCUT2D eigenvalue weighted by Crippen LogP contribution is 2.28. The number of hydrogen-bond donors (Lipinski definition) is 1. The van der Waals surface area contributed by atoms with Crippen LogP contribution in [0.3, 0.4) is 0 Å². The zero-order valence-corrected chi connectivity index (χ0v) is 17.1. The average Bonchev–Trinajstić information content (AvgIpc) is 3.11. The van der Waals surface area contributed by atoms with Crippen LogP contribution in [0.1, 0.15) is 44.1 Å². The molecule has 1 aromatic heterocycles. The summed E-state index contributed by atoms with van der Waals surface area (Å²) in [5, 5.41) is 3.70. The summed E-state index contributed by atoms with van der Waals surface area (Å²) in [6, 6.07) is 6.96. The molecule has 1 aromatic carbocycles. The fourth-order valence-electron chi connectivity index (χ4n) is 4.38. The molecular weight excluding hydrogens is 356 g/mol. The first-order chi connectivity index (χ1) is 13.2. The molecule has 1 saturated heterocycles. The molecule has 1 aliphatic carbocycles. The maximum Gasteiger partial charge on any atom is 0.227 e. The van der Waals surface area contributed by atoms with E-state index in [4.69, 9.17) is 0 Å². The summed E-state index contributed by atoms with van der Waals surface area (Å²) in [4.78, 5) is 22.0. The van der Waals surface area contributed by atoms with E-state index in [-0.39, 0.29) is 5.91 Å². The Kier molecular flexibility index (Phi) is 6.05. The number of aryl methyl sites for hydroxylation is 1. The van der Waals surface area contributed by atoms with Gasteiger partial charge in [-0.3, -0.25) is 9.69 Å². The number of anilines is 1. The lowest BCUT2D eigenvalue weighted by atomic mass is 9.94. The molecule has 2 aromatic rings. The zero-order chi connectivity index (χ0) is 18.6. The van der Waals surface area contributed by atoms with Crippen LogP contribution in [0.15, 0.2) is 18.2 Å². The number of carbonyl (C=O) groups is 1. The first kappa shape index (κ1) is 18.8. The third-order valence-electron chi connectivity index (χ3n) is 6.02. The normalized spacial score (nSPS) is 20.2. The van der Waals surface area contributed by atoms with Gasteiger partial charge in [-0.1, -0.05) is 42.7 Å². The van der Waals surface area contributed by atoms with E-state index in [9.17, 15) is 4.79 Å². The lowest BCUT2D eigenvalue weighted by molar-refractivity contribution is -0.116. The quantitative estimate of drug-likeness (QED) is 0.847. The molecule has 0 atom stereocenters. The molecule has 0 unspecified atom stereocenters. The van der Waals surface area contributed by atoms with Crippen LogP contribution in [0.25, 0.3) is 10.2 Å². The highest BCUT2D eigenvalue weighted by Gasteiger charge is 2.25. The van der Waals surface area contributed by atoms with Crippen molar-refractivity contribution in [3.63, 3.8) is 0 Å². The van der Waals surface area contributed by atoms with Gasteiger partial charge in [-0.15, -0.1) is 0 Å². The van der Waals surface area contributed by atoms with E-state index < -0.39 is 0 Å². The van der Waals surface area contributed by atoms with Crippen molar-refractivity contribution in [2.75, 3.05) is 38.0 Å². The van der Waals surface area contributed by atoms with Crippen LogP contribution in [0.4, 0.5) is 5.13 Å². The van der Waals surface area contributed by atoms with E-state index in [1.54, 1.807) is 11.3 Å². The van der Waals surface area contributed by atoms with Crippen molar-refractivity contribution in [1.82, 2.24) is 14.8 Å². The number of benzene rings is 1. The first-order valence-electron chi connectivity index (χ1n) is 10.3. The molecular formula is C21H30N4OS. The molecule has 0 spiro atoms. The Labute approximate surface area is 165 Å². The maximum atomic E-state index is 12.3. The lowest BCUT2D eigenvalue weighted by Crippen LogP contribution is -2.51. The van der Waals surface area contributed by atoms with E-state index in [0.717, 1.165) is 54.5 Å². The van der Waals surface area contributed by atoms with Gasteiger partial charge in [0.05, 0.1) is 10.2 Å². The summed E-state index contributed by atoms with van der Waals surface area (Å²) in [6.07, 6.45) is 7.51. The van der Waals surface area contributed by atoms with Crippen LogP contribution in [0, 0.1) is 6.92 Å². The number of hydrogen-bond acceptors (Lipinski definition) is 5. The highest BCUT2D eigenvalue weighted by molar-refractivity contribution is 7.22.